The predicted molar refractivity (Wildman–Crippen MR) is 74.1 cm³/mol. The molecule has 1 rings (SSSR count). The van der Waals surface area contributed by atoms with Crippen LogP contribution in [0.1, 0.15) is 44.4 Å². The molecule has 0 aliphatic carbocycles. The van der Waals surface area contributed by atoms with E-state index in [1.165, 1.54) is 0 Å². The van der Waals surface area contributed by atoms with E-state index in [-0.39, 0.29) is 11.6 Å². The summed E-state index contributed by atoms with van der Waals surface area (Å²) in [6.45, 7) is 6.73. The molecule has 22 heavy (non-hydrogen) atoms. The molecule has 0 bridgehead atoms. The molecule has 122 valence electrons. The van der Waals surface area contributed by atoms with Crippen molar-refractivity contribution in [2.75, 3.05) is 0 Å². The Kier molecular flexibility index (Phi) is 5.15. The van der Waals surface area contributed by atoms with Gasteiger partial charge >= 0.3 is 12.4 Å². The fraction of sp³-hybridized carbons (Fsp3) is 0.375. The van der Waals surface area contributed by atoms with Gasteiger partial charge in [0.15, 0.2) is 0 Å². The van der Waals surface area contributed by atoms with E-state index in [0.29, 0.717) is 11.1 Å². The first-order chi connectivity index (χ1) is 9.82. The maximum absolute atomic E-state index is 12.9. The number of rotatable bonds is 2. The highest BCUT2D eigenvalue weighted by atomic mass is 19.4. The summed E-state index contributed by atoms with van der Waals surface area (Å²) in [5.74, 6) is 0. The van der Waals surface area contributed by atoms with Crippen LogP contribution in [0.15, 0.2) is 35.4 Å². The van der Waals surface area contributed by atoms with Crippen molar-refractivity contribution in [2.24, 2.45) is 0 Å². The van der Waals surface area contributed by atoms with Gasteiger partial charge in [-0.25, -0.2) is 0 Å². The molecule has 0 aliphatic heterocycles. The third kappa shape index (κ3) is 4.64. The third-order valence-electron chi connectivity index (χ3n) is 2.87. The zero-order chi connectivity index (χ0) is 17.3. The van der Waals surface area contributed by atoms with Gasteiger partial charge in [-0.15, -0.1) is 0 Å². The number of hydrogen-bond acceptors (Lipinski definition) is 0. The molecule has 0 fully saturated rings. The average molecular weight is 322 g/mol. The molecule has 0 atom stereocenters. The topological polar surface area (TPSA) is 0 Å². The van der Waals surface area contributed by atoms with Crippen molar-refractivity contribution in [3.63, 3.8) is 0 Å². The minimum Gasteiger partial charge on any atom is -0.166 e. The zero-order valence-corrected chi connectivity index (χ0v) is 12.6. The number of hydrogen-bond donors (Lipinski definition) is 0. The Balaban J connectivity index is 3.68. The molecule has 0 heterocycles. The Morgan fingerprint density at radius 1 is 0.773 bits per heavy atom. The summed E-state index contributed by atoms with van der Waals surface area (Å²) >= 11 is 0. The van der Waals surface area contributed by atoms with Crippen LogP contribution in [0, 0.1) is 0 Å². The maximum Gasteiger partial charge on any atom is 0.416 e. The van der Waals surface area contributed by atoms with Crippen molar-refractivity contribution in [3.8, 4) is 0 Å². The second-order valence-corrected chi connectivity index (χ2v) is 5.43. The van der Waals surface area contributed by atoms with Gasteiger partial charge in [-0.1, -0.05) is 17.2 Å². The summed E-state index contributed by atoms with van der Waals surface area (Å²) in [7, 11) is 0. The molecule has 0 N–H and O–H groups in total. The Hall–Kier alpha value is -1.72. The highest BCUT2D eigenvalue weighted by Gasteiger charge is 2.37. The number of halogens is 6. The molecule has 1 aromatic carbocycles. The summed E-state index contributed by atoms with van der Waals surface area (Å²) in [5, 5.41) is 0. The quantitative estimate of drug-likeness (QED) is 0.431. The first-order valence-corrected chi connectivity index (χ1v) is 6.44. The molecule has 0 aromatic heterocycles. The Morgan fingerprint density at radius 2 is 1.18 bits per heavy atom. The van der Waals surface area contributed by atoms with Gasteiger partial charge in [0.25, 0.3) is 0 Å². The van der Waals surface area contributed by atoms with Gasteiger partial charge in [0.05, 0.1) is 11.1 Å². The fourth-order valence-corrected chi connectivity index (χ4v) is 1.92. The van der Waals surface area contributed by atoms with E-state index in [4.69, 9.17) is 0 Å². The second kappa shape index (κ2) is 6.18. The first kappa shape index (κ1) is 18.3. The van der Waals surface area contributed by atoms with Gasteiger partial charge in [-0.3, -0.25) is 0 Å². The molecule has 0 unspecified atom stereocenters. The second-order valence-electron chi connectivity index (χ2n) is 5.43. The minimum absolute atomic E-state index is 0.0941. The molecule has 0 saturated carbocycles. The van der Waals surface area contributed by atoms with Crippen LogP contribution in [0.3, 0.4) is 0 Å². The molecule has 0 amide bonds. The largest absolute Gasteiger partial charge is 0.416 e. The van der Waals surface area contributed by atoms with Crippen molar-refractivity contribution in [1.82, 2.24) is 0 Å². The summed E-state index contributed by atoms with van der Waals surface area (Å²) in [4.78, 5) is 0. The lowest BCUT2D eigenvalue weighted by molar-refractivity contribution is -0.143. The summed E-state index contributed by atoms with van der Waals surface area (Å²) in [5.41, 5.74) is -0.938. The van der Waals surface area contributed by atoms with E-state index in [1.807, 2.05) is 0 Å². The molecule has 0 aliphatic rings. The highest BCUT2D eigenvalue weighted by Crippen LogP contribution is 2.38. The lowest BCUT2D eigenvalue weighted by atomic mass is 9.95. The van der Waals surface area contributed by atoms with Gasteiger partial charge in [-0.05, 0) is 57.0 Å². The highest BCUT2D eigenvalue weighted by molar-refractivity contribution is 5.77. The monoisotopic (exact) mass is 322 g/mol. The summed E-state index contributed by atoms with van der Waals surface area (Å²) in [6, 6.07) is 1.63. The number of benzene rings is 1. The standard InChI is InChI=1S/C16H16F6/c1-9(2)5-14(10(3)4)11-6-12(15(17,18)19)8-13(7-11)16(20,21)22/h5-8H,1-4H3. The van der Waals surface area contributed by atoms with Crippen molar-refractivity contribution in [2.45, 2.75) is 40.0 Å². The lowest BCUT2D eigenvalue weighted by Gasteiger charge is -2.16. The molecule has 0 saturated heterocycles. The van der Waals surface area contributed by atoms with Crippen LogP contribution in [-0.4, -0.2) is 0 Å². The average Bonchev–Trinajstić information content (AvgIpc) is 2.32. The van der Waals surface area contributed by atoms with Crippen LogP contribution in [0.4, 0.5) is 26.3 Å². The van der Waals surface area contributed by atoms with E-state index in [1.54, 1.807) is 33.8 Å². The van der Waals surface area contributed by atoms with E-state index in [9.17, 15) is 26.3 Å². The zero-order valence-electron chi connectivity index (χ0n) is 12.6. The normalized spacial score (nSPS) is 12.1. The summed E-state index contributed by atoms with van der Waals surface area (Å²) in [6.07, 6.45) is -8.10. The van der Waals surface area contributed by atoms with Crippen LogP contribution in [0.5, 0.6) is 0 Å². The van der Waals surface area contributed by atoms with Crippen LogP contribution in [0.2, 0.25) is 0 Å². The molecule has 0 radical (unpaired) electrons. The van der Waals surface area contributed by atoms with Gasteiger partial charge in [0.2, 0.25) is 0 Å². The lowest BCUT2D eigenvalue weighted by Crippen LogP contribution is -2.11. The molecular formula is C16H16F6. The van der Waals surface area contributed by atoms with Crippen molar-refractivity contribution < 1.29 is 26.3 Å². The van der Waals surface area contributed by atoms with E-state index in [0.717, 1.165) is 17.7 Å². The molecule has 0 spiro atoms. The minimum atomic E-state index is -4.84. The van der Waals surface area contributed by atoms with Gasteiger partial charge in [-0.2, -0.15) is 26.3 Å². The fourth-order valence-electron chi connectivity index (χ4n) is 1.92. The maximum atomic E-state index is 12.9. The predicted octanol–water partition coefficient (Wildman–Crippen LogP) is 6.48. The molecule has 0 nitrogen and oxygen atoms in total. The smallest absolute Gasteiger partial charge is 0.166 e. The number of allylic oxidation sites excluding steroid dienone is 4. The third-order valence-corrected chi connectivity index (χ3v) is 2.87. The van der Waals surface area contributed by atoms with E-state index >= 15 is 0 Å². The summed E-state index contributed by atoms with van der Waals surface area (Å²) < 4.78 is 77.2. The van der Waals surface area contributed by atoms with Crippen molar-refractivity contribution in [1.29, 1.82) is 0 Å². The molecule has 6 heteroatoms. The van der Waals surface area contributed by atoms with E-state index < -0.39 is 23.5 Å². The molecule has 1 aromatic rings. The van der Waals surface area contributed by atoms with Crippen LogP contribution in [-0.2, 0) is 12.4 Å². The van der Waals surface area contributed by atoms with Gasteiger partial charge < -0.3 is 0 Å². The number of alkyl halides is 6. The van der Waals surface area contributed by atoms with Crippen LogP contribution >= 0.6 is 0 Å². The van der Waals surface area contributed by atoms with Crippen LogP contribution in [0.25, 0.3) is 5.57 Å². The van der Waals surface area contributed by atoms with Gasteiger partial charge in [0.1, 0.15) is 0 Å². The van der Waals surface area contributed by atoms with Crippen LogP contribution < -0.4 is 0 Å². The van der Waals surface area contributed by atoms with Crippen molar-refractivity contribution >= 4 is 5.57 Å². The Labute approximate surface area is 125 Å². The van der Waals surface area contributed by atoms with Gasteiger partial charge in [0, 0.05) is 0 Å². The molecular weight excluding hydrogens is 306 g/mol. The SMILES string of the molecule is CC(C)=CC(=C(C)C)c1cc(C(F)(F)F)cc(C(F)(F)F)c1. The Bertz CT molecular complexity index is 574. The Morgan fingerprint density at radius 3 is 1.45 bits per heavy atom. The first-order valence-electron chi connectivity index (χ1n) is 6.44. The van der Waals surface area contributed by atoms with E-state index in [2.05, 4.69) is 0 Å². The van der Waals surface area contributed by atoms with Crippen molar-refractivity contribution in [3.05, 3.63) is 52.1 Å².